The number of hydrogen-bond acceptors (Lipinski definition) is 4. The van der Waals surface area contributed by atoms with Gasteiger partial charge in [0.2, 0.25) is 11.8 Å². The number of methoxy groups -OCH3 is 1. The van der Waals surface area contributed by atoms with Crippen LogP contribution in [-0.4, -0.2) is 17.3 Å². The molecule has 12 heavy (non-hydrogen) atoms. The molecule has 5 heteroatoms. The van der Waals surface area contributed by atoms with Gasteiger partial charge in [0.05, 0.1) is 4.83 Å². The number of ether oxygens (including phenoxy) is 1. The van der Waals surface area contributed by atoms with E-state index in [4.69, 9.17) is 9.15 Å². The predicted octanol–water partition coefficient (Wildman–Crippen LogP) is 2.06. The quantitative estimate of drug-likeness (QED) is 0.749. The van der Waals surface area contributed by atoms with Gasteiger partial charge in [0, 0.05) is 7.11 Å². The Kier molecular flexibility index (Phi) is 3.68. The van der Waals surface area contributed by atoms with Crippen molar-refractivity contribution < 1.29 is 9.15 Å². The fourth-order valence-electron chi connectivity index (χ4n) is 0.750. The summed E-state index contributed by atoms with van der Waals surface area (Å²) in [6.07, 6.45) is 0.925. The van der Waals surface area contributed by atoms with Gasteiger partial charge in [-0.2, -0.15) is 0 Å². The summed E-state index contributed by atoms with van der Waals surface area (Å²) in [6.45, 7) is 2.41. The van der Waals surface area contributed by atoms with E-state index in [1.54, 1.807) is 7.11 Å². The molecule has 0 aliphatic rings. The molecule has 0 saturated carbocycles. The Morgan fingerprint density at radius 2 is 2.33 bits per heavy atom. The van der Waals surface area contributed by atoms with E-state index in [-0.39, 0.29) is 4.83 Å². The van der Waals surface area contributed by atoms with Crippen LogP contribution in [0.4, 0.5) is 0 Å². The lowest BCUT2D eigenvalue weighted by atomic mass is 10.3. The third-order valence-electron chi connectivity index (χ3n) is 1.38. The minimum absolute atomic E-state index is 0.149. The van der Waals surface area contributed by atoms with Gasteiger partial charge in [0.15, 0.2) is 0 Å². The summed E-state index contributed by atoms with van der Waals surface area (Å²) in [5.74, 6) is 1.13. The maximum Gasteiger partial charge on any atom is 0.242 e. The van der Waals surface area contributed by atoms with Gasteiger partial charge in [-0.1, -0.05) is 22.9 Å². The lowest BCUT2D eigenvalue weighted by Gasteiger charge is -1.97. The molecule has 0 saturated heterocycles. The summed E-state index contributed by atoms with van der Waals surface area (Å²) in [5, 5.41) is 7.67. The largest absolute Gasteiger partial charge is 0.422 e. The van der Waals surface area contributed by atoms with Crippen molar-refractivity contribution >= 4 is 15.9 Å². The van der Waals surface area contributed by atoms with Crippen molar-refractivity contribution in [2.75, 3.05) is 7.11 Å². The Bertz CT molecular complexity index is 239. The lowest BCUT2D eigenvalue weighted by molar-refractivity contribution is 0.158. The minimum atomic E-state index is 0.149. The molecular weight excluding hydrogens is 224 g/mol. The average Bonchev–Trinajstić information content (AvgIpc) is 2.52. The highest BCUT2D eigenvalue weighted by Gasteiger charge is 2.12. The zero-order chi connectivity index (χ0) is 8.97. The standard InChI is InChI=1S/C7H11BrN2O2/c1-3-5(8)7-10-9-6(12-7)4-11-2/h5H,3-4H2,1-2H3. The first kappa shape index (κ1) is 9.67. The molecule has 1 heterocycles. The van der Waals surface area contributed by atoms with E-state index in [0.717, 1.165) is 6.42 Å². The van der Waals surface area contributed by atoms with Crippen LogP contribution in [0.25, 0.3) is 0 Å². The molecule has 68 valence electrons. The molecule has 1 rings (SSSR count). The van der Waals surface area contributed by atoms with E-state index in [9.17, 15) is 0 Å². The molecule has 0 aromatic carbocycles. The van der Waals surface area contributed by atoms with Gasteiger partial charge in [0.25, 0.3) is 0 Å². The van der Waals surface area contributed by atoms with Gasteiger partial charge < -0.3 is 9.15 Å². The Labute approximate surface area is 79.4 Å². The van der Waals surface area contributed by atoms with Crippen LogP contribution in [0.5, 0.6) is 0 Å². The number of aromatic nitrogens is 2. The molecule has 1 atom stereocenters. The highest BCUT2D eigenvalue weighted by Crippen LogP contribution is 2.24. The number of halogens is 1. The topological polar surface area (TPSA) is 48.2 Å². The zero-order valence-corrected chi connectivity index (χ0v) is 8.67. The van der Waals surface area contributed by atoms with Crippen LogP contribution in [0.1, 0.15) is 30.0 Å². The fourth-order valence-corrected chi connectivity index (χ4v) is 0.935. The molecule has 0 bridgehead atoms. The monoisotopic (exact) mass is 234 g/mol. The number of rotatable bonds is 4. The van der Waals surface area contributed by atoms with E-state index in [1.165, 1.54) is 0 Å². The van der Waals surface area contributed by atoms with Crippen molar-refractivity contribution in [2.24, 2.45) is 0 Å². The van der Waals surface area contributed by atoms with Crippen LogP contribution in [0, 0.1) is 0 Å². The highest BCUT2D eigenvalue weighted by atomic mass is 79.9. The second kappa shape index (κ2) is 4.57. The molecule has 0 radical (unpaired) electrons. The van der Waals surface area contributed by atoms with Crippen molar-refractivity contribution in [3.05, 3.63) is 11.8 Å². The SMILES string of the molecule is CCC(Br)c1nnc(COC)o1. The summed E-state index contributed by atoms with van der Waals surface area (Å²) in [5.41, 5.74) is 0. The summed E-state index contributed by atoms with van der Waals surface area (Å²) < 4.78 is 10.1. The third-order valence-corrected chi connectivity index (χ3v) is 2.42. The first-order chi connectivity index (χ1) is 5.77. The second-order valence-electron chi connectivity index (χ2n) is 2.34. The van der Waals surface area contributed by atoms with E-state index in [2.05, 4.69) is 26.1 Å². The maximum atomic E-state index is 5.28. The summed E-state index contributed by atoms with van der Waals surface area (Å²) >= 11 is 3.41. The highest BCUT2D eigenvalue weighted by molar-refractivity contribution is 9.09. The molecule has 4 nitrogen and oxygen atoms in total. The summed E-state index contributed by atoms with van der Waals surface area (Å²) in [4.78, 5) is 0.149. The smallest absolute Gasteiger partial charge is 0.242 e. The maximum absolute atomic E-state index is 5.28. The van der Waals surface area contributed by atoms with Gasteiger partial charge in [-0.3, -0.25) is 0 Å². The average molecular weight is 235 g/mol. The van der Waals surface area contributed by atoms with Gasteiger partial charge in [-0.05, 0) is 6.42 Å². The lowest BCUT2D eigenvalue weighted by Crippen LogP contribution is -1.86. The molecule has 0 fully saturated rings. The second-order valence-corrected chi connectivity index (χ2v) is 3.45. The molecule has 0 aliphatic heterocycles. The third kappa shape index (κ3) is 2.28. The molecule has 0 N–H and O–H groups in total. The Morgan fingerprint density at radius 1 is 1.58 bits per heavy atom. The summed E-state index contributed by atoms with van der Waals surface area (Å²) in [7, 11) is 1.59. The first-order valence-corrected chi connectivity index (χ1v) is 4.64. The van der Waals surface area contributed by atoms with Crippen molar-refractivity contribution in [3.8, 4) is 0 Å². The van der Waals surface area contributed by atoms with E-state index < -0.39 is 0 Å². The molecule has 1 aromatic heterocycles. The van der Waals surface area contributed by atoms with Crippen LogP contribution in [0.3, 0.4) is 0 Å². The van der Waals surface area contributed by atoms with Crippen LogP contribution in [0.2, 0.25) is 0 Å². The molecule has 0 amide bonds. The summed E-state index contributed by atoms with van der Waals surface area (Å²) in [6, 6.07) is 0. The van der Waals surface area contributed by atoms with Crippen molar-refractivity contribution in [1.82, 2.24) is 10.2 Å². The number of nitrogens with zero attached hydrogens (tertiary/aromatic N) is 2. The molecule has 1 aromatic rings. The van der Waals surface area contributed by atoms with Crippen LogP contribution in [0.15, 0.2) is 4.42 Å². The molecule has 0 aliphatic carbocycles. The van der Waals surface area contributed by atoms with Gasteiger partial charge >= 0.3 is 0 Å². The zero-order valence-electron chi connectivity index (χ0n) is 7.08. The predicted molar refractivity (Wildman–Crippen MR) is 47.0 cm³/mol. The van der Waals surface area contributed by atoms with Gasteiger partial charge in [0.1, 0.15) is 6.61 Å². The molecule has 1 unspecified atom stereocenters. The van der Waals surface area contributed by atoms with Crippen molar-refractivity contribution in [1.29, 1.82) is 0 Å². The molecular formula is C7H11BrN2O2. The number of alkyl halides is 1. The van der Waals surface area contributed by atoms with Gasteiger partial charge in [-0.25, -0.2) is 0 Å². The Morgan fingerprint density at radius 3 is 2.92 bits per heavy atom. The normalized spacial score (nSPS) is 13.2. The minimum Gasteiger partial charge on any atom is -0.422 e. The van der Waals surface area contributed by atoms with Crippen LogP contribution in [-0.2, 0) is 11.3 Å². The molecule has 0 spiro atoms. The van der Waals surface area contributed by atoms with E-state index in [1.807, 2.05) is 6.92 Å². The van der Waals surface area contributed by atoms with E-state index >= 15 is 0 Å². The van der Waals surface area contributed by atoms with Crippen LogP contribution < -0.4 is 0 Å². The number of hydrogen-bond donors (Lipinski definition) is 0. The van der Waals surface area contributed by atoms with Crippen LogP contribution >= 0.6 is 15.9 Å². The Hall–Kier alpha value is -0.420. The van der Waals surface area contributed by atoms with Crippen molar-refractivity contribution in [3.63, 3.8) is 0 Å². The van der Waals surface area contributed by atoms with E-state index in [0.29, 0.717) is 18.4 Å². The first-order valence-electron chi connectivity index (χ1n) is 3.73. The Balaban J connectivity index is 2.63. The van der Waals surface area contributed by atoms with Gasteiger partial charge in [-0.15, -0.1) is 10.2 Å². The fraction of sp³-hybridized carbons (Fsp3) is 0.714. The van der Waals surface area contributed by atoms with Crippen molar-refractivity contribution in [2.45, 2.75) is 24.8 Å².